The van der Waals surface area contributed by atoms with Gasteiger partial charge in [-0.1, -0.05) is 12.1 Å². The molecule has 0 radical (unpaired) electrons. The second kappa shape index (κ2) is 6.26. The van der Waals surface area contributed by atoms with Crippen LogP contribution in [0.25, 0.3) is 0 Å². The Hall–Kier alpha value is -2.88. The molecule has 0 atom stereocenters. The minimum atomic E-state index is -0.358. The number of benzene rings is 3. The maximum Gasteiger partial charge on any atom is 0.130 e. The van der Waals surface area contributed by atoms with Gasteiger partial charge in [-0.3, -0.25) is 0 Å². The van der Waals surface area contributed by atoms with Gasteiger partial charge in [0, 0.05) is 12.1 Å². The van der Waals surface area contributed by atoms with E-state index in [-0.39, 0.29) is 11.6 Å². The van der Waals surface area contributed by atoms with Gasteiger partial charge in [0.2, 0.25) is 0 Å². The van der Waals surface area contributed by atoms with E-state index in [0.717, 1.165) is 0 Å². The Morgan fingerprint density at radius 1 is 0.500 bits per heavy atom. The monoisotopic (exact) mass is 298 g/mol. The average Bonchev–Trinajstić information content (AvgIpc) is 2.49. The molecule has 110 valence electrons. The van der Waals surface area contributed by atoms with Gasteiger partial charge < -0.3 is 9.47 Å². The zero-order chi connectivity index (χ0) is 15.4. The van der Waals surface area contributed by atoms with Crippen LogP contribution in [0, 0.1) is 11.6 Å². The summed E-state index contributed by atoms with van der Waals surface area (Å²) in [6.45, 7) is 0. The van der Waals surface area contributed by atoms with Crippen molar-refractivity contribution in [3.8, 4) is 23.0 Å². The summed E-state index contributed by atoms with van der Waals surface area (Å²) >= 11 is 0. The van der Waals surface area contributed by atoms with Crippen LogP contribution in [0.5, 0.6) is 23.0 Å². The minimum Gasteiger partial charge on any atom is -0.457 e. The Balaban J connectivity index is 1.70. The lowest BCUT2D eigenvalue weighted by molar-refractivity contribution is 0.464. The van der Waals surface area contributed by atoms with E-state index >= 15 is 0 Å². The van der Waals surface area contributed by atoms with E-state index in [1.165, 1.54) is 24.3 Å². The molecule has 0 unspecified atom stereocenters. The third-order valence-electron chi connectivity index (χ3n) is 2.89. The lowest BCUT2D eigenvalue weighted by atomic mass is 10.3. The van der Waals surface area contributed by atoms with E-state index < -0.39 is 0 Å². The van der Waals surface area contributed by atoms with Crippen molar-refractivity contribution < 1.29 is 18.3 Å². The normalized spacial score (nSPS) is 10.3. The van der Waals surface area contributed by atoms with Gasteiger partial charge in [0.1, 0.15) is 34.6 Å². The molecular weight excluding hydrogens is 286 g/mol. The van der Waals surface area contributed by atoms with E-state index in [9.17, 15) is 8.78 Å². The van der Waals surface area contributed by atoms with E-state index in [4.69, 9.17) is 9.47 Å². The molecule has 2 nitrogen and oxygen atoms in total. The first kappa shape index (κ1) is 14.1. The highest BCUT2D eigenvalue weighted by Crippen LogP contribution is 2.27. The molecule has 0 aliphatic heterocycles. The molecule has 0 spiro atoms. The van der Waals surface area contributed by atoms with Crippen molar-refractivity contribution in [3.05, 3.63) is 84.4 Å². The highest BCUT2D eigenvalue weighted by molar-refractivity contribution is 5.37. The van der Waals surface area contributed by atoms with Crippen LogP contribution in [0.3, 0.4) is 0 Å². The Labute approximate surface area is 126 Å². The molecule has 0 bridgehead atoms. The molecule has 0 saturated carbocycles. The summed E-state index contributed by atoms with van der Waals surface area (Å²) in [5.41, 5.74) is 0. The van der Waals surface area contributed by atoms with E-state index in [0.29, 0.717) is 23.0 Å². The number of rotatable bonds is 4. The summed E-state index contributed by atoms with van der Waals surface area (Å²) in [4.78, 5) is 0. The first-order valence-corrected chi connectivity index (χ1v) is 6.66. The number of ether oxygens (including phenoxy) is 2. The van der Waals surface area contributed by atoms with Crippen molar-refractivity contribution in [2.45, 2.75) is 0 Å². The number of halogens is 2. The molecule has 3 aromatic rings. The third kappa shape index (κ3) is 3.61. The summed E-state index contributed by atoms with van der Waals surface area (Å²) < 4.78 is 37.2. The van der Waals surface area contributed by atoms with Crippen LogP contribution in [0.2, 0.25) is 0 Å². The minimum absolute atomic E-state index is 0.358. The van der Waals surface area contributed by atoms with Crippen LogP contribution in [0.15, 0.2) is 72.8 Å². The fraction of sp³-hybridized carbons (Fsp3) is 0. The van der Waals surface area contributed by atoms with Gasteiger partial charge in [0.15, 0.2) is 0 Å². The molecule has 3 rings (SSSR count). The number of hydrogen-bond donors (Lipinski definition) is 0. The lowest BCUT2D eigenvalue weighted by Gasteiger charge is -2.08. The Bertz CT molecular complexity index is 704. The Morgan fingerprint density at radius 3 is 1.27 bits per heavy atom. The molecular formula is C18H12F2O2. The molecule has 0 amide bonds. The molecule has 4 heteroatoms. The smallest absolute Gasteiger partial charge is 0.130 e. The Morgan fingerprint density at radius 2 is 0.909 bits per heavy atom. The quantitative estimate of drug-likeness (QED) is 0.628. The fourth-order valence-electron chi connectivity index (χ4n) is 1.91. The predicted molar refractivity (Wildman–Crippen MR) is 79.4 cm³/mol. The summed E-state index contributed by atoms with van der Waals surface area (Å²) in [5, 5.41) is 0. The van der Waals surface area contributed by atoms with Gasteiger partial charge in [0.05, 0.1) is 0 Å². The zero-order valence-corrected chi connectivity index (χ0v) is 11.5. The maximum atomic E-state index is 13.1. The molecule has 0 saturated heterocycles. The van der Waals surface area contributed by atoms with E-state index in [1.807, 2.05) is 0 Å². The van der Waals surface area contributed by atoms with Gasteiger partial charge in [-0.25, -0.2) is 8.78 Å². The summed E-state index contributed by atoms with van der Waals surface area (Å²) in [7, 11) is 0. The van der Waals surface area contributed by atoms with Crippen molar-refractivity contribution in [1.29, 1.82) is 0 Å². The van der Waals surface area contributed by atoms with Crippen molar-refractivity contribution in [2.24, 2.45) is 0 Å². The summed E-state index contributed by atoms with van der Waals surface area (Å²) in [6, 6.07) is 18.6. The second-order valence-corrected chi connectivity index (χ2v) is 4.59. The molecule has 22 heavy (non-hydrogen) atoms. The van der Waals surface area contributed by atoms with Crippen molar-refractivity contribution in [2.75, 3.05) is 0 Å². The molecule has 0 N–H and O–H groups in total. The largest absolute Gasteiger partial charge is 0.457 e. The van der Waals surface area contributed by atoms with Crippen LogP contribution in [0.4, 0.5) is 8.78 Å². The van der Waals surface area contributed by atoms with Gasteiger partial charge in [-0.15, -0.1) is 0 Å². The summed E-state index contributed by atoms with van der Waals surface area (Å²) in [5.74, 6) is 1.22. The molecule has 0 heterocycles. The van der Waals surface area contributed by atoms with Gasteiger partial charge in [-0.2, -0.15) is 0 Å². The molecule has 0 aliphatic carbocycles. The van der Waals surface area contributed by atoms with Crippen LogP contribution in [0.1, 0.15) is 0 Å². The first-order chi connectivity index (χ1) is 10.7. The van der Waals surface area contributed by atoms with Gasteiger partial charge >= 0.3 is 0 Å². The van der Waals surface area contributed by atoms with Crippen molar-refractivity contribution in [1.82, 2.24) is 0 Å². The van der Waals surface area contributed by atoms with Gasteiger partial charge in [-0.05, 0) is 48.5 Å². The highest BCUT2D eigenvalue weighted by atomic mass is 19.1. The highest BCUT2D eigenvalue weighted by Gasteiger charge is 2.02. The van der Waals surface area contributed by atoms with Crippen LogP contribution in [-0.2, 0) is 0 Å². The second-order valence-electron chi connectivity index (χ2n) is 4.59. The Kier molecular flexibility index (Phi) is 4.01. The van der Waals surface area contributed by atoms with E-state index in [1.54, 1.807) is 48.5 Å². The molecule has 0 aromatic heterocycles. The molecule has 0 fully saturated rings. The van der Waals surface area contributed by atoms with Crippen LogP contribution >= 0.6 is 0 Å². The fourth-order valence-corrected chi connectivity index (χ4v) is 1.91. The van der Waals surface area contributed by atoms with Crippen LogP contribution in [-0.4, -0.2) is 0 Å². The SMILES string of the molecule is Fc1cccc(Oc2ccc(Oc3cccc(F)c3)cc2)c1. The number of hydrogen-bond acceptors (Lipinski definition) is 2. The maximum absolute atomic E-state index is 13.1. The standard InChI is InChI=1S/C18H12F2O2/c19-13-3-1-5-17(11-13)21-15-7-9-16(10-8-15)22-18-6-2-4-14(20)12-18/h1-12H. The third-order valence-corrected chi connectivity index (χ3v) is 2.89. The predicted octanol–water partition coefficient (Wildman–Crippen LogP) is 5.55. The van der Waals surface area contributed by atoms with Gasteiger partial charge in [0.25, 0.3) is 0 Å². The topological polar surface area (TPSA) is 18.5 Å². The molecule has 3 aromatic carbocycles. The lowest BCUT2D eigenvalue weighted by Crippen LogP contribution is -1.87. The molecule has 0 aliphatic rings. The van der Waals surface area contributed by atoms with Crippen molar-refractivity contribution in [3.63, 3.8) is 0 Å². The first-order valence-electron chi connectivity index (χ1n) is 6.66. The zero-order valence-electron chi connectivity index (χ0n) is 11.5. The summed E-state index contributed by atoms with van der Waals surface area (Å²) in [6.07, 6.45) is 0. The van der Waals surface area contributed by atoms with Crippen LogP contribution < -0.4 is 9.47 Å². The van der Waals surface area contributed by atoms with E-state index in [2.05, 4.69) is 0 Å². The van der Waals surface area contributed by atoms with Crippen molar-refractivity contribution >= 4 is 0 Å². The average molecular weight is 298 g/mol.